The van der Waals surface area contributed by atoms with Crippen molar-refractivity contribution in [2.24, 2.45) is 0 Å². The summed E-state index contributed by atoms with van der Waals surface area (Å²) in [6, 6.07) is 4.40. The molecule has 5 heteroatoms. The van der Waals surface area contributed by atoms with Crippen LogP contribution in [0.4, 0.5) is 0 Å². The molecule has 0 radical (unpaired) electrons. The Kier molecular flexibility index (Phi) is 5.44. The van der Waals surface area contributed by atoms with E-state index in [1.54, 1.807) is 22.7 Å². The van der Waals surface area contributed by atoms with Crippen LogP contribution >= 0.6 is 22.7 Å². The van der Waals surface area contributed by atoms with E-state index in [2.05, 4.69) is 38.6 Å². The molecule has 2 aromatic heterocycles. The van der Waals surface area contributed by atoms with Crippen molar-refractivity contribution in [2.75, 3.05) is 26.2 Å². The molecule has 0 aliphatic carbocycles. The molecule has 1 fully saturated rings. The molecule has 0 spiro atoms. The summed E-state index contributed by atoms with van der Waals surface area (Å²) in [5, 5.41) is 27.3. The lowest BCUT2D eigenvalue weighted by Crippen LogP contribution is -2.38. The Morgan fingerprint density at radius 2 is 1.68 bits per heavy atom. The maximum Gasteiger partial charge on any atom is 0.0897 e. The van der Waals surface area contributed by atoms with Gasteiger partial charge in [0.1, 0.15) is 0 Å². The largest absolute Gasteiger partial charge is 0.394 e. The number of aliphatic hydroxyl groups is 2. The molecule has 1 saturated heterocycles. The smallest absolute Gasteiger partial charge is 0.0897 e. The van der Waals surface area contributed by atoms with Crippen LogP contribution in [-0.2, 0) is 0 Å². The number of hydrogen-bond acceptors (Lipinski definition) is 5. The molecule has 3 heterocycles. The van der Waals surface area contributed by atoms with Crippen LogP contribution in [0.2, 0.25) is 0 Å². The lowest BCUT2D eigenvalue weighted by Gasteiger charge is -2.31. The standard InChI is InChI=1S/C17H21NO2S2/c19-10-16(20)9-18-5-1-13(2-6-18)17(14-3-7-21-11-14)15-4-8-22-12-15/h3-4,7-8,11-12,16,19-20H,1-2,5-6,9-10H2. The van der Waals surface area contributed by atoms with Gasteiger partial charge in [-0.15, -0.1) is 0 Å². The van der Waals surface area contributed by atoms with Crippen LogP contribution in [0, 0.1) is 0 Å². The Morgan fingerprint density at radius 1 is 1.09 bits per heavy atom. The number of piperidine rings is 1. The summed E-state index contributed by atoms with van der Waals surface area (Å²) in [7, 11) is 0. The number of thiophene rings is 2. The normalized spacial score (nSPS) is 17.6. The van der Waals surface area contributed by atoms with E-state index in [0.717, 1.165) is 25.9 Å². The first-order valence-electron chi connectivity index (χ1n) is 7.56. The SMILES string of the molecule is OCC(O)CN1CCC(=C(c2ccsc2)c2ccsc2)CC1. The quantitative estimate of drug-likeness (QED) is 0.882. The predicted octanol–water partition coefficient (Wildman–Crippen LogP) is 3.06. The molecule has 1 atom stereocenters. The summed E-state index contributed by atoms with van der Waals surface area (Å²) >= 11 is 3.48. The highest BCUT2D eigenvalue weighted by atomic mass is 32.1. The van der Waals surface area contributed by atoms with Gasteiger partial charge in [0.05, 0.1) is 12.7 Å². The highest BCUT2D eigenvalue weighted by Gasteiger charge is 2.20. The van der Waals surface area contributed by atoms with Crippen molar-refractivity contribution in [1.29, 1.82) is 0 Å². The van der Waals surface area contributed by atoms with Crippen molar-refractivity contribution in [2.45, 2.75) is 18.9 Å². The van der Waals surface area contributed by atoms with Gasteiger partial charge in [0, 0.05) is 19.6 Å². The fourth-order valence-electron chi connectivity index (χ4n) is 3.00. The summed E-state index contributed by atoms with van der Waals surface area (Å²) in [5.41, 5.74) is 5.54. The van der Waals surface area contributed by atoms with E-state index in [-0.39, 0.29) is 6.61 Å². The number of hydrogen-bond donors (Lipinski definition) is 2. The number of likely N-dealkylation sites (tertiary alicyclic amines) is 1. The molecule has 1 unspecified atom stereocenters. The Bertz CT molecular complexity index is 558. The molecule has 3 nitrogen and oxygen atoms in total. The molecular weight excluding hydrogens is 314 g/mol. The van der Waals surface area contributed by atoms with E-state index in [4.69, 9.17) is 5.11 Å². The summed E-state index contributed by atoms with van der Waals surface area (Å²) in [4.78, 5) is 2.24. The van der Waals surface area contributed by atoms with Gasteiger partial charge in [-0.1, -0.05) is 5.57 Å². The van der Waals surface area contributed by atoms with Crippen LogP contribution in [0.25, 0.3) is 5.57 Å². The Balaban J connectivity index is 1.79. The van der Waals surface area contributed by atoms with Gasteiger partial charge in [-0.05, 0) is 63.2 Å². The number of nitrogens with zero attached hydrogens (tertiary/aromatic N) is 1. The van der Waals surface area contributed by atoms with Crippen LogP contribution in [0.3, 0.4) is 0 Å². The van der Waals surface area contributed by atoms with Gasteiger partial charge in [-0.25, -0.2) is 0 Å². The molecule has 1 aliphatic heterocycles. The molecule has 1 aliphatic rings. The van der Waals surface area contributed by atoms with E-state index >= 15 is 0 Å². The van der Waals surface area contributed by atoms with Gasteiger partial charge in [0.2, 0.25) is 0 Å². The van der Waals surface area contributed by atoms with E-state index in [9.17, 15) is 5.11 Å². The Hall–Kier alpha value is -0.980. The summed E-state index contributed by atoms with van der Waals surface area (Å²) < 4.78 is 0. The lowest BCUT2D eigenvalue weighted by atomic mass is 9.91. The van der Waals surface area contributed by atoms with Gasteiger partial charge < -0.3 is 15.1 Å². The number of β-amino-alcohol motifs (C(OH)–C–C–N with tert-alkyl or cyclic N) is 1. The van der Waals surface area contributed by atoms with Gasteiger partial charge >= 0.3 is 0 Å². The molecule has 0 amide bonds. The van der Waals surface area contributed by atoms with Crippen LogP contribution in [0.5, 0.6) is 0 Å². The van der Waals surface area contributed by atoms with E-state index < -0.39 is 6.10 Å². The maximum atomic E-state index is 9.58. The zero-order valence-corrected chi connectivity index (χ0v) is 14.1. The van der Waals surface area contributed by atoms with E-state index in [0.29, 0.717) is 6.54 Å². The van der Waals surface area contributed by atoms with Crippen molar-refractivity contribution in [3.8, 4) is 0 Å². The average molecular weight is 335 g/mol. The minimum atomic E-state index is -0.626. The number of rotatable bonds is 5. The molecule has 2 N–H and O–H groups in total. The maximum absolute atomic E-state index is 9.58. The van der Waals surface area contributed by atoms with Crippen LogP contribution in [-0.4, -0.2) is 47.5 Å². The number of aliphatic hydroxyl groups excluding tert-OH is 2. The fourth-order valence-corrected chi connectivity index (χ4v) is 4.29. The molecule has 0 bridgehead atoms. The van der Waals surface area contributed by atoms with Crippen molar-refractivity contribution in [1.82, 2.24) is 4.90 Å². The zero-order chi connectivity index (χ0) is 15.4. The molecule has 22 heavy (non-hydrogen) atoms. The minimum absolute atomic E-state index is 0.158. The second-order valence-electron chi connectivity index (χ2n) is 5.64. The van der Waals surface area contributed by atoms with Crippen molar-refractivity contribution in [3.63, 3.8) is 0 Å². The molecule has 3 rings (SSSR count). The van der Waals surface area contributed by atoms with E-state index in [1.165, 1.54) is 22.3 Å². The minimum Gasteiger partial charge on any atom is -0.394 e. The average Bonchev–Trinajstić information content (AvgIpc) is 3.23. The Labute approximate surface area is 139 Å². The fraction of sp³-hybridized carbons (Fsp3) is 0.412. The first kappa shape index (κ1) is 15.9. The van der Waals surface area contributed by atoms with Crippen LogP contribution < -0.4 is 0 Å². The first-order valence-corrected chi connectivity index (χ1v) is 9.45. The second kappa shape index (κ2) is 7.53. The third-order valence-corrected chi connectivity index (χ3v) is 5.48. The van der Waals surface area contributed by atoms with Crippen molar-refractivity contribution in [3.05, 3.63) is 50.4 Å². The predicted molar refractivity (Wildman–Crippen MR) is 93.4 cm³/mol. The highest BCUT2D eigenvalue weighted by Crippen LogP contribution is 2.34. The first-order chi connectivity index (χ1) is 10.8. The third kappa shape index (κ3) is 3.67. The summed E-state index contributed by atoms with van der Waals surface area (Å²) in [6.07, 6.45) is 1.43. The topological polar surface area (TPSA) is 43.7 Å². The van der Waals surface area contributed by atoms with Crippen molar-refractivity contribution < 1.29 is 10.2 Å². The van der Waals surface area contributed by atoms with Crippen molar-refractivity contribution >= 4 is 28.2 Å². The van der Waals surface area contributed by atoms with Gasteiger partial charge in [-0.2, -0.15) is 22.7 Å². The molecule has 0 aromatic carbocycles. The van der Waals surface area contributed by atoms with Crippen LogP contribution in [0.15, 0.2) is 39.2 Å². The van der Waals surface area contributed by atoms with Gasteiger partial charge in [0.25, 0.3) is 0 Å². The molecule has 2 aromatic rings. The van der Waals surface area contributed by atoms with Gasteiger partial charge in [0.15, 0.2) is 0 Å². The monoisotopic (exact) mass is 335 g/mol. The van der Waals surface area contributed by atoms with Crippen LogP contribution in [0.1, 0.15) is 24.0 Å². The van der Waals surface area contributed by atoms with E-state index in [1.807, 2.05) is 0 Å². The second-order valence-corrected chi connectivity index (χ2v) is 7.20. The summed E-state index contributed by atoms with van der Waals surface area (Å²) in [6.45, 7) is 2.30. The lowest BCUT2D eigenvalue weighted by molar-refractivity contribution is 0.0568. The Morgan fingerprint density at radius 3 is 2.14 bits per heavy atom. The molecule has 118 valence electrons. The van der Waals surface area contributed by atoms with Gasteiger partial charge in [-0.3, -0.25) is 0 Å². The third-order valence-electron chi connectivity index (χ3n) is 4.11. The molecule has 0 saturated carbocycles. The molecular formula is C17H21NO2S2. The highest BCUT2D eigenvalue weighted by molar-refractivity contribution is 7.08. The summed E-state index contributed by atoms with van der Waals surface area (Å²) in [5.74, 6) is 0. The zero-order valence-electron chi connectivity index (χ0n) is 12.4.